The van der Waals surface area contributed by atoms with Crippen molar-refractivity contribution in [3.63, 3.8) is 0 Å². The summed E-state index contributed by atoms with van der Waals surface area (Å²) in [6.07, 6.45) is 7.68. The molecule has 64 valence electrons. The van der Waals surface area contributed by atoms with Gasteiger partial charge in [-0.1, -0.05) is 19.1 Å². The summed E-state index contributed by atoms with van der Waals surface area (Å²) < 4.78 is 0. The summed E-state index contributed by atoms with van der Waals surface area (Å²) in [5.41, 5.74) is 1.99. The zero-order valence-electron chi connectivity index (χ0n) is 7.07. The van der Waals surface area contributed by atoms with Crippen LogP contribution in [0.2, 0.25) is 0 Å². The van der Waals surface area contributed by atoms with Gasteiger partial charge in [0, 0.05) is 11.8 Å². The summed E-state index contributed by atoms with van der Waals surface area (Å²) >= 11 is 0. The third kappa shape index (κ3) is 2.13. The summed E-state index contributed by atoms with van der Waals surface area (Å²) in [5, 5.41) is 8.56. The quantitative estimate of drug-likeness (QED) is 0.726. The number of rotatable bonds is 3. The molecule has 1 N–H and O–H groups in total. The molecule has 0 spiro atoms. The molecule has 12 heavy (non-hydrogen) atoms. The molecule has 1 aromatic rings. The standard InChI is InChI=1S/C9H12N2O/c1-2-9-8(4-3-5-12)6-10-7-11-9/h3-4,6-7,12H,2,5H2,1H3/b4-3+. The Hall–Kier alpha value is -1.22. The highest BCUT2D eigenvalue weighted by atomic mass is 16.2. The van der Waals surface area contributed by atoms with Crippen molar-refractivity contribution in [3.05, 3.63) is 29.9 Å². The third-order valence-electron chi connectivity index (χ3n) is 1.56. The minimum atomic E-state index is 0.0536. The summed E-state index contributed by atoms with van der Waals surface area (Å²) in [5.74, 6) is 0. The Labute approximate surface area is 71.8 Å². The Kier molecular flexibility index (Phi) is 3.41. The van der Waals surface area contributed by atoms with Gasteiger partial charge in [-0.3, -0.25) is 0 Å². The summed E-state index contributed by atoms with van der Waals surface area (Å²) in [4.78, 5) is 8.01. The van der Waals surface area contributed by atoms with Crippen LogP contribution in [0.1, 0.15) is 18.2 Å². The van der Waals surface area contributed by atoms with Crippen molar-refractivity contribution in [1.82, 2.24) is 9.97 Å². The van der Waals surface area contributed by atoms with Crippen molar-refractivity contribution in [2.75, 3.05) is 6.61 Å². The minimum Gasteiger partial charge on any atom is -0.392 e. The Morgan fingerprint density at radius 3 is 3.08 bits per heavy atom. The topological polar surface area (TPSA) is 46.0 Å². The van der Waals surface area contributed by atoms with Crippen molar-refractivity contribution in [3.8, 4) is 0 Å². The average Bonchev–Trinajstić information content (AvgIpc) is 2.15. The van der Waals surface area contributed by atoms with Crippen LogP contribution in [0.25, 0.3) is 6.08 Å². The lowest BCUT2D eigenvalue weighted by atomic mass is 10.2. The average molecular weight is 164 g/mol. The molecule has 1 rings (SSSR count). The highest BCUT2D eigenvalue weighted by molar-refractivity contribution is 5.50. The fourth-order valence-electron chi connectivity index (χ4n) is 0.980. The van der Waals surface area contributed by atoms with Crippen LogP contribution in [0.15, 0.2) is 18.6 Å². The van der Waals surface area contributed by atoms with Gasteiger partial charge in [0.2, 0.25) is 0 Å². The first-order chi connectivity index (χ1) is 5.88. The molecule has 0 bridgehead atoms. The lowest BCUT2D eigenvalue weighted by molar-refractivity contribution is 0.343. The fraction of sp³-hybridized carbons (Fsp3) is 0.333. The van der Waals surface area contributed by atoms with Crippen LogP contribution in [-0.4, -0.2) is 21.7 Å². The predicted octanol–water partition coefficient (Wildman–Crippen LogP) is 1.04. The van der Waals surface area contributed by atoms with Gasteiger partial charge in [-0.2, -0.15) is 0 Å². The van der Waals surface area contributed by atoms with Crippen LogP contribution < -0.4 is 0 Å². The highest BCUT2D eigenvalue weighted by Crippen LogP contribution is 2.05. The van der Waals surface area contributed by atoms with Gasteiger partial charge in [-0.05, 0) is 6.42 Å². The van der Waals surface area contributed by atoms with Crippen molar-refractivity contribution in [1.29, 1.82) is 0 Å². The van der Waals surface area contributed by atoms with Crippen LogP contribution in [0.4, 0.5) is 0 Å². The lowest BCUT2D eigenvalue weighted by Crippen LogP contribution is -1.92. The molecule has 1 heterocycles. The molecule has 0 radical (unpaired) electrons. The van der Waals surface area contributed by atoms with E-state index < -0.39 is 0 Å². The first-order valence-corrected chi connectivity index (χ1v) is 3.94. The van der Waals surface area contributed by atoms with E-state index in [2.05, 4.69) is 9.97 Å². The van der Waals surface area contributed by atoms with Gasteiger partial charge >= 0.3 is 0 Å². The maximum absolute atomic E-state index is 8.56. The maximum atomic E-state index is 8.56. The number of nitrogens with zero attached hydrogens (tertiary/aromatic N) is 2. The van der Waals surface area contributed by atoms with Gasteiger partial charge in [0.1, 0.15) is 6.33 Å². The van der Waals surface area contributed by atoms with Crippen molar-refractivity contribution in [2.24, 2.45) is 0 Å². The molecule has 3 heteroatoms. The second-order valence-electron chi connectivity index (χ2n) is 2.36. The van der Waals surface area contributed by atoms with E-state index in [4.69, 9.17) is 5.11 Å². The molecule has 0 aromatic carbocycles. The van der Waals surface area contributed by atoms with E-state index in [0.29, 0.717) is 0 Å². The van der Waals surface area contributed by atoms with E-state index in [1.807, 2.05) is 13.0 Å². The van der Waals surface area contributed by atoms with Gasteiger partial charge < -0.3 is 5.11 Å². The molecule has 0 amide bonds. The van der Waals surface area contributed by atoms with Crippen molar-refractivity contribution in [2.45, 2.75) is 13.3 Å². The molecule has 0 unspecified atom stereocenters. The second kappa shape index (κ2) is 4.62. The van der Waals surface area contributed by atoms with E-state index in [0.717, 1.165) is 17.7 Å². The van der Waals surface area contributed by atoms with Gasteiger partial charge in [0.25, 0.3) is 0 Å². The van der Waals surface area contributed by atoms with Crippen molar-refractivity contribution < 1.29 is 5.11 Å². The van der Waals surface area contributed by atoms with Gasteiger partial charge in [0.05, 0.1) is 12.3 Å². The number of aliphatic hydroxyl groups excluding tert-OH is 1. The largest absolute Gasteiger partial charge is 0.392 e. The molecule has 1 aromatic heterocycles. The lowest BCUT2D eigenvalue weighted by Gasteiger charge is -1.98. The van der Waals surface area contributed by atoms with Gasteiger partial charge in [0.15, 0.2) is 0 Å². The first-order valence-electron chi connectivity index (χ1n) is 3.94. The molecule has 0 saturated carbocycles. The zero-order chi connectivity index (χ0) is 8.81. The Bertz CT molecular complexity index is 271. The van der Waals surface area contributed by atoms with E-state index in [1.54, 1.807) is 12.3 Å². The third-order valence-corrected chi connectivity index (χ3v) is 1.56. The number of aliphatic hydroxyl groups is 1. The predicted molar refractivity (Wildman–Crippen MR) is 47.5 cm³/mol. The smallest absolute Gasteiger partial charge is 0.115 e. The van der Waals surface area contributed by atoms with Gasteiger partial charge in [-0.25, -0.2) is 9.97 Å². The monoisotopic (exact) mass is 164 g/mol. The van der Waals surface area contributed by atoms with Crippen LogP contribution in [0, 0.1) is 0 Å². The Morgan fingerprint density at radius 2 is 2.42 bits per heavy atom. The molecule has 0 fully saturated rings. The van der Waals surface area contributed by atoms with Crippen LogP contribution in [-0.2, 0) is 6.42 Å². The molecule has 0 aliphatic carbocycles. The number of hydrogen-bond donors (Lipinski definition) is 1. The first kappa shape index (κ1) is 8.87. The summed E-state index contributed by atoms with van der Waals surface area (Å²) in [7, 11) is 0. The van der Waals surface area contributed by atoms with Crippen LogP contribution in [0.5, 0.6) is 0 Å². The van der Waals surface area contributed by atoms with Gasteiger partial charge in [-0.15, -0.1) is 0 Å². The van der Waals surface area contributed by atoms with Crippen LogP contribution >= 0.6 is 0 Å². The van der Waals surface area contributed by atoms with Crippen LogP contribution in [0.3, 0.4) is 0 Å². The summed E-state index contributed by atoms with van der Waals surface area (Å²) in [6.45, 7) is 2.09. The molecule has 0 aliphatic rings. The summed E-state index contributed by atoms with van der Waals surface area (Å²) in [6, 6.07) is 0. The zero-order valence-corrected chi connectivity index (χ0v) is 7.07. The normalized spacial score (nSPS) is 10.8. The SMILES string of the molecule is CCc1ncncc1/C=C/CO. The molecular weight excluding hydrogens is 152 g/mol. The van der Waals surface area contributed by atoms with E-state index in [9.17, 15) is 0 Å². The Balaban J connectivity index is 2.89. The van der Waals surface area contributed by atoms with E-state index in [1.165, 1.54) is 6.33 Å². The van der Waals surface area contributed by atoms with E-state index in [-0.39, 0.29) is 6.61 Å². The highest BCUT2D eigenvalue weighted by Gasteiger charge is 1.95. The Morgan fingerprint density at radius 1 is 1.58 bits per heavy atom. The molecule has 3 nitrogen and oxygen atoms in total. The van der Waals surface area contributed by atoms with Crippen molar-refractivity contribution >= 4 is 6.08 Å². The molecule has 0 saturated heterocycles. The fourth-order valence-corrected chi connectivity index (χ4v) is 0.980. The number of aryl methyl sites for hydroxylation is 1. The second-order valence-corrected chi connectivity index (χ2v) is 2.36. The number of aromatic nitrogens is 2. The van der Waals surface area contributed by atoms with E-state index >= 15 is 0 Å². The maximum Gasteiger partial charge on any atom is 0.115 e. The molecular formula is C9H12N2O. The molecule has 0 aliphatic heterocycles. The molecule has 0 atom stereocenters. The minimum absolute atomic E-state index is 0.0536. The number of hydrogen-bond acceptors (Lipinski definition) is 3.